The van der Waals surface area contributed by atoms with Gasteiger partial charge in [-0.05, 0) is 0 Å². The molecule has 0 aliphatic heterocycles. The third-order valence-electron chi connectivity index (χ3n) is 0.500. The van der Waals surface area contributed by atoms with Crippen molar-refractivity contribution in [3.8, 4) is 0 Å². The molecule has 0 aliphatic carbocycles. The molecule has 3 heteroatoms. The first-order chi connectivity index (χ1) is 2.41. The molecule has 0 amide bonds. The van der Waals surface area contributed by atoms with Gasteiger partial charge in [0.1, 0.15) is 0 Å². The van der Waals surface area contributed by atoms with Crippen molar-refractivity contribution in [3.05, 3.63) is 13.8 Å². The first-order valence-corrected chi connectivity index (χ1v) is 2.00. The van der Waals surface area contributed by atoms with Crippen LogP contribution in [-0.4, -0.2) is 0 Å². The van der Waals surface area contributed by atoms with Gasteiger partial charge in [0.25, 0.3) is 0 Å². The second-order valence-electron chi connectivity index (χ2n) is 1.06. The Kier molecular flexibility index (Phi) is 64.6. The van der Waals surface area contributed by atoms with Gasteiger partial charge in [0.05, 0.1) is 0 Å². The molecule has 0 saturated carbocycles. The molecule has 0 heterocycles. The second-order valence-corrected chi connectivity index (χ2v) is 1.06. The van der Waals surface area contributed by atoms with Crippen LogP contribution < -0.4 is 0 Å². The van der Waals surface area contributed by atoms with Gasteiger partial charge in [-0.25, -0.2) is 0 Å². The van der Waals surface area contributed by atoms with E-state index in [2.05, 4.69) is 13.8 Å². The zero-order chi connectivity index (χ0) is 4.12. The maximum Gasteiger partial charge on any atom is 0 e. The molecular weight excluding hydrogens is 612 g/mol. The number of hydrogen-bond acceptors (Lipinski definition) is 0. The van der Waals surface area contributed by atoms with Crippen LogP contribution in [0.1, 0.15) is 19.3 Å². The van der Waals surface area contributed by atoms with E-state index in [4.69, 9.17) is 0 Å². The van der Waals surface area contributed by atoms with E-state index in [0.29, 0.717) is 0 Å². The number of rotatable bonds is 2. The van der Waals surface area contributed by atoms with Gasteiger partial charge in [0.15, 0.2) is 0 Å². The van der Waals surface area contributed by atoms with Gasteiger partial charge in [-0.1, -0.05) is 0 Å². The van der Waals surface area contributed by atoms with Gasteiger partial charge in [-0.15, -0.1) is 6.42 Å². The van der Waals surface area contributed by atoms with Crippen LogP contribution in [0, 0.1) is 13.8 Å². The van der Waals surface area contributed by atoms with Crippen LogP contribution in [0.4, 0.5) is 0 Å². The summed E-state index contributed by atoms with van der Waals surface area (Å²) in [6, 6.07) is 0. The van der Waals surface area contributed by atoms with Gasteiger partial charge in [0, 0.05) is 63.2 Å². The summed E-state index contributed by atoms with van der Waals surface area (Å²) in [5.74, 6) is 0. The molecule has 0 aromatic rings. The van der Waals surface area contributed by atoms with Crippen molar-refractivity contribution in [2.24, 2.45) is 0 Å². The predicted molar refractivity (Wildman–Crippen MR) is 24.6 cm³/mol. The third-order valence-corrected chi connectivity index (χ3v) is 0.500. The van der Waals surface area contributed by atoms with Crippen molar-refractivity contribution in [1.29, 1.82) is 0 Å². The molecule has 0 atom stereocenters. The molecule has 0 rings (SSSR count). The summed E-state index contributed by atoms with van der Waals surface area (Å²) in [5.41, 5.74) is 0. The fourth-order valence-electron chi connectivity index (χ4n) is 0.177. The Bertz CT molecular complexity index is 15.1. The standard InChI is InChI=1S/C5H10.3W/c1-3-5-4-2;;;/h1-5H2;;;/q-2;;;. The largest absolute Gasteiger partial charge is 0.343 e. The van der Waals surface area contributed by atoms with E-state index in [0.717, 1.165) is 12.8 Å². The Labute approximate surface area is 95.4 Å². The molecule has 0 bridgehead atoms. The topological polar surface area (TPSA) is 0 Å². The minimum atomic E-state index is 0. The molecule has 8 heavy (non-hydrogen) atoms. The molecule has 0 aromatic carbocycles. The Morgan fingerprint density at radius 1 is 0.750 bits per heavy atom. The first-order valence-electron chi connectivity index (χ1n) is 2.00. The smallest absolute Gasteiger partial charge is 0 e. The zero-order valence-corrected chi connectivity index (χ0v) is 13.6. The fourth-order valence-corrected chi connectivity index (χ4v) is 0.177. The van der Waals surface area contributed by atoms with E-state index in [1.807, 2.05) is 0 Å². The third kappa shape index (κ3) is 24.4. The van der Waals surface area contributed by atoms with E-state index < -0.39 is 0 Å². The summed E-state index contributed by atoms with van der Waals surface area (Å²) in [4.78, 5) is 0. The van der Waals surface area contributed by atoms with Crippen molar-refractivity contribution in [2.75, 3.05) is 0 Å². The minimum absolute atomic E-state index is 0. The van der Waals surface area contributed by atoms with E-state index in [-0.39, 0.29) is 63.2 Å². The van der Waals surface area contributed by atoms with E-state index in [1.165, 1.54) is 6.42 Å². The fraction of sp³-hybridized carbons (Fsp3) is 0.600. The van der Waals surface area contributed by atoms with Crippen molar-refractivity contribution in [2.45, 2.75) is 19.3 Å². The van der Waals surface area contributed by atoms with E-state index in [9.17, 15) is 0 Å². The molecule has 0 fully saturated rings. The van der Waals surface area contributed by atoms with Gasteiger partial charge >= 0.3 is 0 Å². The number of hydrogen-bond donors (Lipinski definition) is 0. The summed E-state index contributed by atoms with van der Waals surface area (Å²) in [7, 11) is 0. The van der Waals surface area contributed by atoms with Crippen molar-refractivity contribution < 1.29 is 63.2 Å². The first kappa shape index (κ1) is 22.5. The van der Waals surface area contributed by atoms with E-state index >= 15 is 0 Å². The summed E-state index contributed by atoms with van der Waals surface area (Å²) in [6.45, 7) is 7.27. The molecule has 50 valence electrons. The van der Waals surface area contributed by atoms with Crippen LogP contribution >= 0.6 is 0 Å². The minimum Gasteiger partial charge on any atom is -0.343 e. The second kappa shape index (κ2) is 23.0. The summed E-state index contributed by atoms with van der Waals surface area (Å²) < 4.78 is 0. The van der Waals surface area contributed by atoms with Crippen molar-refractivity contribution in [1.82, 2.24) is 0 Å². The quantitative estimate of drug-likeness (QED) is 0.413. The summed E-state index contributed by atoms with van der Waals surface area (Å²) in [6.07, 6.45) is 3.23. The molecule has 0 saturated heterocycles. The Hall–Kier alpha value is 2.06. The van der Waals surface area contributed by atoms with Gasteiger partial charge in [-0.3, -0.25) is 0 Å². The van der Waals surface area contributed by atoms with Crippen LogP contribution in [0.15, 0.2) is 0 Å². The Morgan fingerprint density at radius 2 is 1.00 bits per heavy atom. The van der Waals surface area contributed by atoms with Gasteiger partial charge in [0.2, 0.25) is 0 Å². The molecule has 0 N–H and O–H groups in total. The van der Waals surface area contributed by atoms with E-state index in [1.54, 1.807) is 0 Å². The normalized spacial score (nSPS) is 5.25. The Morgan fingerprint density at radius 3 is 1.00 bits per heavy atom. The summed E-state index contributed by atoms with van der Waals surface area (Å²) in [5, 5.41) is 0. The molecule has 0 radical (unpaired) electrons. The SMILES string of the molecule is [CH2-]CCC[CH2-].[W].[W].[W]. The molecule has 0 unspecified atom stereocenters. The van der Waals surface area contributed by atoms with Crippen LogP contribution in [0.25, 0.3) is 0 Å². The van der Waals surface area contributed by atoms with Crippen LogP contribution in [0.2, 0.25) is 0 Å². The average molecular weight is 622 g/mol. The van der Waals surface area contributed by atoms with Gasteiger partial charge < -0.3 is 13.8 Å². The molecule has 0 aromatic heterocycles. The molecule has 0 spiro atoms. The maximum atomic E-state index is 3.64. The monoisotopic (exact) mass is 622 g/mol. The number of unbranched alkanes of at least 4 members (excludes halogenated alkanes) is 2. The predicted octanol–water partition coefficient (Wildman–Crippen LogP) is 1.82. The molecular formula is C5H10W3-2. The summed E-state index contributed by atoms with van der Waals surface area (Å²) >= 11 is 0. The average Bonchev–Trinajstić information content (AvgIpc) is 1.41. The zero-order valence-electron chi connectivity index (χ0n) is 4.76. The Balaban J connectivity index is -0.0000000267. The van der Waals surface area contributed by atoms with Crippen LogP contribution in [0.5, 0.6) is 0 Å². The van der Waals surface area contributed by atoms with Crippen molar-refractivity contribution in [3.63, 3.8) is 0 Å². The maximum absolute atomic E-state index is 3.64. The van der Waals surface area contributed by atoms with Crippen LogP contribution in [0.3, 0.4) is 0 Å². The molecule has 0 nitrogen and oxygen atoms in total. The van der Waals surface area contributed by atoms with Crippen LogP contribution in [-0.2, 0) is 63.2 Å². The molecule has 0 aliphatic rings. The van der Waals surface area contributed by atoms with Gasteiger partial charge in [-0.2, -0.15) is 12.8 Å². The van der Waals surface area contributed by atoms with Crippen molar-refractivity contribution >= 4 is 0 Å².